The molecule has 0 aromatic carbocycles. The number of nitrogens with one attached hydrogen (secondary N) is 1. The number of hydrogen-bond donors (Lipinski definition) is 2. The van der Waals surface area contributed by atoms with Gasteiger partial charge in [-0.2, -0.15) is 0 Å². The molecule has 1 aromatic rings. The number of ether oxygens (including phenoxy) is 1. The minimum absolute atomic E-state index is 0.133. The minimum Gasteiger partial charge on any atom is -0.478 e. The molecule has 6 heteroatoms. The van der Waals surface area contributed by atoms with Gasteiger partial charge in [-0.15, -0.1) is 0 Å². The van der Waals surface area contributed by atoms with Crippen molar-refractivity contribution < 1.29 is 14.6 Å². The molecule has 2 N–H and O–H groups in total. The molecule has 20 heavy (non-hydrogen) atoms. The highest BCUT2D eigenvalue weighted by molar-refractivity contribution is 5.88. The number of carboxylic acids is 1. The molecular weight excluding hydrogens is 258 g/mol. The zero-order chi connectivity index (χ0) is 14.4. The monoisotopic (exact) mass is 279 g/mol. The van der Waals surface area contributed by atoms with Crippen LogP contribution >= 0.6 is 0 Å². The van der Waals surface area contributed by atoms with E-state index in [0.717, 1.165) is 12.8 Å². The Kier molecular flexibility index (Phi) is 5.29. The Hall–Kier alpha value is -1.69. The van der Waals surface area contributed by atoms with E-state index in [-0.39, 0.29) is 5.56 Å². The van der Waals surface area contributed by atoms with Gasteiger partial charge >= 0.3 is 5.97 Å². The SMILES string of the molecule is Cc1nc(NCCOC2CCCCC2)ncc1C(=O)O. The topological polar surface area (TPSA) is 84.3 Å². The molecule has 1 saturated carbocycles. The van der Waals surface area contributed by atoms with Gasteiger partial charge in [0.2, 0.25) is 5.95 Å². The third-order valence-electron chi connectivity index (χ3n) is 3.50. The maximum atomic E-state index is 10.8. The second-order valence-corrected chi connectivity index (χ2v) is 5.06. The molecule has 0 spiro atoms. The zero-order valence-electron chi connectivity index (χ0n) is 11.8. The Morgan fingerprint density at radius 3 is 2.85 bits per heavy atom. The molecule has 1 heterocycles. The molecule has 0 bridgehead atoms. The van der Waals surface area contributed by atoms with Gasteiger partial charge in [0.25, 0.3) is 0 Å². The molecule has 1 fully saturated rings. The summed E-state index contributed by atoms with van der Waals surface area (Å²) in [5, 5.41) is 11.9. The summed E-state index contributed by atoms with van der Waals surface area (Å²) in [7, 11) is 0. The smallest absolute Gasteiger partial charge is 0.339 e. The number of carboxylic acid groups (broad SMARTS) is 1. The molecule has 0 radical (unpaired) electrons. The highest BCUT2D eigenvalue weighted by Crippen LogP contribution is 2.19. The van der Waals surface area contributed by atoms with E-state index in [9.17, 15) is 4.79 Å². The molecule has 1 aromatic heterocycles. The van der Waals surface area contributed by atoms with E-state index in [1.54, 1.807) is 6.92 Å². The van der Waals surface area contributed by atoms with E-state index in [1.807, 2.05) is 0 Å². The van der Waals surface area contributed by atoms with Crippen molar-refractivity contribution in [3.8, 4) is 0 Å². The van der Waals surface area contributed by atoms with Gasteiger partial charge in [0.1, 0.15) is 0 Å². The van der Waals surface area contributed by atoms with Crippen LogP contribution in [0.3, 0.4) is 0 Å². The van der Waals surface area contributed by atoms with Gasteiger partial charge in [-0.05, 0) is 19.8 Å². The molecule has 0 saturated heterocycles. The van der Waals surface area contributed by atoms with Crippen molar-refractivity contribution >= 4 is 11.9 Å². The average molecular weight is 279 g/mol. The van der Waals surface area contributed by atoms with Gasteiger partial charge < -0.3 is 15.2 Å². The van der Waals surface area contributed by atoms with Gasteiger partial charge in [0.05, 0.1) is 24.0 Å². The minimum atomic E-state index is -1.00. The molecule has 0 amide bonds. The van der Waals surface area contributed by atoms with Crippen molar-refractivity contribution in [1.82, 2.24) is 9.97 Å². The Balaban J connectivity index is 1.73. The Labute approximate surface area is 118 Å². The summed E-state index contributed by atoms with van der Waals surface area (Å²) in [6, 6.07) is 0. The van der Waals surface area contributed by atoms with Crippen molar-refractivity contribution in [2.75, 3.05) is 18.5 Å². The Morgan fingerprint density at radius 1 is 1.45 bits per heavy atom. The standard InChI is InChI=1S/C14H21N3O3/c1-10-12(13(18)19)9-16-14(17-10)15-7-8-20-11-5-3-2-4-6-11/h9,11H,2-8H2,1H3,(H,18,19)(H,15,16,17). The van der Waals surface area contributed by atoms with Crippen LogP contribution < -0.4 is 5.32 Å². The van der Waals surface area contributed by atoms with Crippen LogP contribution in [0.2, 0.25) is 0 Å². The van der Waals surface area contributed by atoms with E-state index in [2.05, 4.69) is 15.3 Å². The highest BCUT2D eigenvalue weighted by Gasteiger charge is 2.13. The van der Waals surface area contributed by atoms with Gasteiger partial charge in [-0.3, -0.25) is 0 Å². The third-order valence-corrected chi connectivity index (χ3v) is 3.50. The molecule has 110 valence electrons. The molecule has 1 aliphatic rings. The molecular formula is C14H21N3O3. The fraction of sp³-hybridized carbons (Fsp3) is 0.643. The fourth-order valence-corrected chi connectivity index (χ4v) is 2.38. The lowest BCUT2D eigenvalue weighted by atomic mass is 9.98. The zero-order valence-corrected chi connectivity index (χ0v) is 11.8. The molecule has 2 rings (SSSR count). The van der Waals surface area contributed by atoms with Crippen LogP contribution in [0.15, 0.2) is 6.20 Å². The van der Waals surface area contributed by atoms with Crippen molar-refractivity contribution in [3.63, 3.8) is 0 Å². The van der Waals surface area contributed by atoms with Crippen molar-refractivity contribution in [2.24, 2.45) is 0 Å². The second-order valence-electron chi connectivity index (χ2n) is 5.06. The predicted molar refractivity (Wildman–Crippen MR) is 75.0 cm³/mol. The maximum Gasteiger partial charge on any atom is 0.339 e. The summed E-state index contributed by atoms with van der Waals surface area (Å²) in [5.41, 5.74) is 0.595. The maximum absolute atomic E-state index is 10.8. The average Bonchev–Trinajstić information content (AvgIpc) is 2.44. The van der Waals surface area contributed by atoms with Crippen LogP contribution in [-0.2, 0) is 4.74 Å². The number of aromatic carboxylic acids is 1. The summed E-state index contributed by atoms with van der Waals surface area (Å²) >= 11 is 0. The number of nitrogens with zero attached hydrogens (tertiary/aromatic N) is 2. The van der Waals surface area contributed by atoms with Crippen LogP contribution in [0.4, 0.5) is 5.95 Å². The molecule has 0 aliphatic heterocycles. The first kappa shape index (κ1) is 14.7. The van der Waals surface area contributed by atoms with E-state index in [1.165, 1.54) is 25.5 Å². The molecule has 6 nitrogen and oxygen atoms in total. The first-order valence-electron chi connectivity index (χ1n) is 7.09. The number of aryl methyl sites for hydroxylation is 1. The quantitative estimate of drug-likeness (QED) is 0.777. The number of hydrogen-bond acceptors (Lipinski definition) is 5. The second kappa shape index (κ2) is 7.19. The third kappa shape index (κ3) is 4.16. The lowest BCUT2D eigenvalue weighted by Crippen LogP contribution is -2.21. The molecule has 1 aliphatic carbocycles. The lowest BCUT2D eigenvalue weighted by Gasteiger charge is -2.22. The van der Waals surface area contributed by atoms with E-state index >= 15 is 0 Å². The first-order chi connectivity index (χ1) is 9.66. The van der Waals surface area contributed by atoms with E-state index in [0.29, 0.717) is 30.9 Å². The number of carbonyl (C=O) groups is 1. The van der Waals surface area contributed by atoms with E-state index < -0.39 is 5.97 Å². The first-order valence-corrected chi connectivity index (χ1v) is 7.09. The lowest BCUT2D eigenvalue weighted by molar-refractivity contribution is 0.0347. The number of rotatable bonds is 6. The van der Waals surface area contributed by atoms with Crippen molar-refractivity contribution in [3.05, 3.63) is 17.5 Å². The van der Waals surface area contributed by atoms with Crippen LogP contribution in [-0.4, -0.2) is 40.3 Å². The van der Waals surface area contributed by atoms with Crippen LogP contribution in [0.25, 0.3) is 0 Å². The predicted octanol–water partition coefficient (Wildman–Crippen LogP) is 2.24. The Morgan fingerprint density at radius 2 is 2.20 bits per heavy atom. The van der Waals surface area contributed by atoms with Crippen LogP contribution in [0.1, 0.15) is 48.2 Å². The molecule has 0 unspecified atom stereocenters. The van der Waals surface area contributed by atoms with Gasteiger partial charge in [-0.25, -0.2) is 14.8 Å². The van der Waals surface area contributed by atoms with Gasteiger partial charge in [0.15, 0.2) is 0 Å². The highest BCUT2D eigenvalue weighted by atomic mass is 16.5. The van der Waals surface area contributed by atoms with Crippen molar-refractivity contribution in [1.29, 1.82) is 0 Å². The summed E-state index contributed by atoms with van der Waals surface area (Å²) in [6.07, 6.45) is 7.87. The number of anilines is 1. The summed E-state index contributed by atoms with van der Waals surface area (Å²) in [6.45, 7) is 2.91. The largest absolute Gasteiger partial charge is 0.478 e. The fourth-order valence-electron chi connectivity index (χ4n) is 2.38. The van der Waals surface area contributed by atoms with E-state index in [4.69, 9.17) is 9.84 Å². The normalized spacial score (nSPS) is 16.1. The van der Waals surface area contributed by atoms with Crippen LogP contribution in [0, 0.1) is 6.92 Å². The van der Waals surface area contributed by atoms with Gasteiger partial charge in [0, 0.05) is 12.7 Å². The summed E-state index contributed by atoms with van der Waals surface area (Å²) in [5.74, 6) is -0.561. The summed E-state index contributed by atoms with van der Waals surface area (Å²) in [4.78, 5) is 19.0. The van der Waals surface area contributed by atoms with Crippen LogP contribution in [0.5, 0.6) is 0 Å². The molecule has 0 atom stereocenters. The Bertz CT molecular complexity index is 459. The number of aromatic nitrogens is 2. The van der Waals surface area contributed by atoms with Crippen molar-refractivity contribution in [2.45, 2.75) is 45.1 Å². The summed E-state index contributed by atoms with van der Waals surface area (Å²) < 4.78 is 5.78. The van der Waals surface area contributed by atoms with Gasteiger partial charge in [-0.1, -0.05) is 19.3 Å².